The van der Waals surface area contributed by atoms with E-state index in [1.54, 1.807) is 32.1 Å². The summed E-state index contributed by atoms with van der Waals surface area (Å²) in [5.41, 5.74) is 2.25. The molecule has 1 atom stereocenters. The van der Waals surface area contributed by atoms with Crippen molar-refractivity contribution in [1.82, 2.24) is 9.80 Å². The van der Waals surface area contributed by atoms with Gasteiger partial charge < -0.3 is 0 Å². The van der Waals surface area contributed by atoms with Crippen molar-refractivity contribution < 1.29 is 19.2 Å². The van der Waals surface area contributed by atoms with Gasteiger partial charge in [0.15, 0.2) is 0 Å². The molecule has 2 aliphatic heterocycles. The summed E-state index contributed by atoms with van der Waals surface area (Å²) in [7, 11) is 0. The fourth-order valence-electron chi connectivity index (χ4n) is 4.64. The van der Waals surface area contributed by atoms with Gasteiger partial charge in [-0.05, 0) is 43.4 Å². The predicted molar refractivity (Wildman–Crippen MR) is 126 cm³/mol. The molecule has 0 bridgehead atoms. The molecule has 0 aliphatic carbocycles. The van der Waals surface area contributed by atoms with Crippen LogP contribution in [0.4, 0.5) is 0 Å². The van der Waals surface area contributed by atoms with Gasteiger partial charge >= 0.3 is 0 Å². The summed E-state index contributed by atoms with van der Waals surface area (Å²) < 4.78 is 0. The number of hydrogen-bond acceptors (Lipinski definition) is 4. The van der Waals surface area contributed by atoms with Gasteiger partial charge in [-0.2, -0.15) is 0 Å². The summed E-state index contributed by atoms with van der Waals surface area (Å²) in [5, 5.41) is 0.740. The summed E-state index contributed by atoms with van der Waals surface area (Å²) in [4.78, 5) is 56.3. The van der Waals surface area contributed by atoms with Crippen LogP contribution in [0.3, 0.4) is 0 Å². The number of aryl methyl sites for hydroxylation is 1. The highest BCUT2D eigenvalue weighted by Gasteiger charge is 2.42. The second-order valence-electron chi connectivity index (χ2n) is 9.14. The Morgan fingerprint density at radius 3 is 2.00 bits per heavy atom. The summed E-state index contributed by atoms with van der Waals surface area (Å²) >= 11 is 0. The molecule has 6 nitrogen and oxygen atoms in total. The number of benzene rings is 2. The number of hydrogen-bond donors (Lipinski definition) is 0. The molecule has 1 unspecified atom stereocenters. The average molecular weight is 443 g/mol. The molecule has 2 aliphatic rings. The first-order valence-corrected chi connectivity index (χ1v) is 11.0. The summed E-state index contributed by atoms with van der Waals surface area (Å²) in [6.07, 6.45) is 1.69. The van der Waals surface area contributed by atoms with Crippen LogP contribution in [0.15, 0.2) is 24.8 Å². The Kier molecular flexibility index (Phi) is 5.45. The molecule has 0 radical (unpaired) electrons. The number of nitrogens with zero attached hydrogens (tertiary/aromatic N) is 2. The molecule has 2 heterocycles. The van der Waals surface area contributed by atoms with Gasteiger partial charge in [-0.15, -0.1) is 12.5 Å². The van der Waals surface area contributed by atoms with E-state index in [-0.39, 0.29) is 30.5 Å². The highest BCUT2D eigenvalue weighted by molar-refractivity contribution is 6.34. The van der Waals surface area contributed by atoms with E-state index in [1.165, 1.54) is 9.80 Å². The highest BCUT2D eigenvalue weighted by atomic mass is 16.2. The standard InChI is InChI=1S/C27H26N2O4/c1-7-9-17-11-19-22-20(26(32)28(25(19)31)12-14(3)4)16(6)10-18-23(22)21(17)27(33)29(24(18)30)13-15(5)8-2/h8,10-11,14-15H,2,12-13H2,1,3-6H3. The third-order valence-corrected chi connectivity index (χ3v) is 6.15. The molecule has 0 spiro atoms. The Balaban J connectivity index is 2.10. The van der Waals surface area contributed by atoms with Gasteiger partial charge in [-0.1, -0.05) is 32.8 Å². The van der Waals surface area contributed by atoms with Crippen LogP contribution in [-0.2, 0) is 0 Å². The van der Waals surface area contributed by atoms with Crippen molar-refractivity contribution in [2.24, 2.45) is 11.8 Å². The van der Waals surface area contributed by atoms with Gasteiger partial charge in [0.1, 0.15) is 0 Å². The zero-order chi connectivity index (χ0) is 24.2. The van der Waals surface area contributed by atoms with E-state index in [0.29, 0.717) is 38.6 Å². The van der Waals surface area contributed by atoms with Crippen LogP contribution in [0.25, 0.3) is 10.8 Å². The van der Waals surface area contributed by atoms with Gasteiger partial charge in [0.25, 0.3) is 23.6 Å². The Morgan fingerprint density at radius 2 is 1.42 bits per heavy atom. The number of carbonyl (C=O) groups is 4. The summed E-state index contributed by atoms with van der Waals surface area (Å²) in [6, 6.07) is 3.27. The third kappa shape index (κ3) is 3.27. The predicted octanol–water partition coefficient (Wildman–Crippen LogP) is 4.19. The van der Waals surface area contributed by atoms with Crippen LogP contribution in [0.1, 0.15) is 80.3 Å². The Morgan fingerprint density at radius 1 is 0.879 bits per heavy atom. The van der Waals surface area contributed by atoms with E-state index < -0.39 is 23.6 Å². The van der Waals surface area contributed by atoms with Gasteiger partial charge in [0.2, 0.25) is 0 Å². The van der Waals surface area contributed by atoms with E-state index >= 15 is 0 Å². The normalized spacial score (nSPS) is 15.8. The van der Waals surface area contributed by atoms with Crippen LogP contribution in [-0.4, -0.2) is 46.5 Å². The van der Waals surface area contributed by atoms with E-state index in [2.05, 4.69) is 18.4 Å². The van der Waals surface area contributed by atoms with Gasteiger partial charge in [0.05, 0.1) is 11.1 Å². The SMILES string of the molecule is C=CC(C)CN1C(=O)c2cc(C)c3c4c(cc(C#CC)c(c24)C1=O)C(=O)N(CC(C)C)C3=O. The van der Waals surface area contributed by atoms with Crippen molar-refractivity contribution in [1.29, 1.82) is 0 Å². The quantitative estimate of drug-likeness (QED) is 0.395. The van der Waals surface area contributed by atoms with Gasteiger partial charge in [-0.3, -0.25) is 29.0 Å². The maximum absolute atomic E-state index is 13.6. The molecule has 33 heavy (non-hydrogen) atoms. The third-order valence-electron chi connectivity index (χ3n) is 6.15. The summed E-state index contributed by atoms with van der Waals surface area (Å²) in [5.74, 6) is 4.03. The molecule has 2 aromatic rings. The molecule has 2 aromatic carbocycles. The highest BCUT2D eigenvalue weighted by Crippen LogP contribution is 2.41. The zero-order valence-electron chi connectivity index (χ0n) is 19.5. The molecule has 6 heteroatoms. The Labute approximate surface area is 193 Å². The number of carbonyl (C=O) groups excluding carboxylic acids is 4. The fourth-order valence-corrected chi connectivity index (χ4v) is 4.64. The lowest BCUT2D eigenvalue weighted by molar-refractivity contribution is 0.0573. The van der Waals surface area contributed by atoms with E-state index in [0.717, 1.165) is 0 Å². The van der Waals surface area contributed by atoms with E-state index in [4.69, 9.17) is 0 Å². The van der Waals surface area contributed by atoms with Crippen molar-refractivity contribution >= 4 is 34.4 Å². The second kappa shape index (κ2) is 8.00. The van der Waals surface area contributed by atoms with Crippen LogP contribution in [0.2, 0.25) is 0 Å². The Hall–Kier alpha value is -3.72. The van der Waals surface area contributed by atoms with Crippen LogP contribution < -0.4 is 0 Å². The summed E-state index contributed by atoms with van der Waals surface area (Å²) in [6.45, 7) is 13.4. The number of amides is 4. The lowest BCUT2D eigenvalue weighted by Crippen LogP contribution is -2.45. The molecule has 0 saturated heterocycles. The van der Waals surface area contributed by atoms with Crippen molar-refractivity contribution in [2.45, 2.75) is 34.6 Å². The van der Waals surface area contributed by atoms with E-state index in [1.807, 2.05) is 20.8 Å². The first kappa shape index (κ1) is 22.5. The van der Waals surface area contributed by atoms with Crippen molar-refractivity contribution in [3.8, 4) is 11.8 Å². The van der Waals surface area contributed by atoms with Crippen LogP contribution >= 0.6 is 0 Å². The maximum Gasteiger partial charge on any atom is 0.262 e. The number of rotatable bonds is 5. The van der Waals surface area contributed by atoms with Gasteiger partial charge in [-0.25, -0.2) is 0 Å². The lowest BCUT2D eigenvalue weighted by Gasteiger charge is -2.34. The topological polar surface area (TPSA) is 74.8 Å². The minimum atomic E-state index is -0.468. The minimum Gasteiger partial charge on any atom is -0.274 e. The van der Waals surface area contributed by atoms with Gasteiger partial charge in [0, 0.05) is 40.6 Å². The van der Waals surface area contributed by atoms with Crippen molar-refractivity contribution in [2.75, 3.05) is 13.1 Å². The van der Waals surface area contributed by atoms with Crippen LogP contribution in [0.5, 0.6) is 0 Å². The largest absolute Gasteiger partial charge is 0.274 e. The monoisotopic (exact) mass is 442 g/mol. The molecule has 0 saturated carbocycles. The molecule has 0 N–H and O–H groups in total. The molecule has 0 aromatic heterocycles. The first-order valence-electron chi connectivity index (χ1n) is 11.0. The smallest absolute Gasteiger partial charge is 0.262 e. The molecule has 0 fully saturated rings. The van der Waals surface area contributed by atoms with Crippen LogP contribution in [0, 0.1) is 30.6 Å². The molecule has 4 amide bonds. The van der Waals surface area contributed by atoms with Crippen molar-refractivity contribution in [3.63, 3.8) is 0 Å². The first-order chi connectivity index (χ1) is 15.6. The van der Waals surface area contributed by atoms with E-state index in [9.17, 15) is 19.2 Å². The molecular weight excluding hydrogens is 416 g/mol. The lowest BCUT2D eigenvalue weighted by atomic mass is 9.81. The fraction of sp³-hybridized carbons (Fsp3) is 0.333. The molecular formula is C27H26N2O4. The zero-order valence-corrected chi connectivity index (χ0v) is 19.5. The average Bonchev–Trinajstić information content (AvgIpc) is 2.76. The minimum absolute atomic E-state index is 0.0890. The number of imide groups is 2. The Bertz CT molecular complexity index is 1340. The molecule has 168 valence electrons. The van der Waals surface area contributed by atoms with Crippen molar-refractivity contribution in [3.05, 3.63) is 58.2 Å². The maximum atomic E-state index is 13.6. The molecule has 4 rings (SSSR count). The second-order valence-corrected chi connectivity index (χ2v) is 9.14.